The van der Waals surface area contributed by atoms with E-state index in [1.165, 1.54) is 20.1 Å². The first-order valence-corrected chi connectivity index (χ1v) is 12.4. The predicted molar refractivity (Wildman–Crippen MR) is 124 cm³/mol. The van der Waals surface area contributed by atoms with E-state index in [1.807, 2.05) is 39.8 Å². The van der Waals surface area contributed by atoms with Crippen LogP contribution in [-0.2, 0) is 21.4 Å². The Bertz CT molecular complexity index is 1020. The van der Waals surface area contributed by atoms with Gasteiger partial charge in [-0.05, 0) is 64.2 Å². The maximum Gasteiger partial charge on any atom is 0.246 e. The smallest absolute Gasteiger partial charge is 0.246 e. The molecule has 0 aliphatic rings. The van der Waals surface area contributed by atoms with Crippen molar-refractivity contribution in [1.29, 1.82) is 0 Å². The van der Waals surface area contributed by atoms with Gasteiger partial charge in [-0.15, -0.1) is 0 Å². The lowest BCUT2D eigenvalue weighted by molar-refractivity contribution is -0.122. The van der Waals surface area contributed by atoms with Crippen molar-refractivity contribution in [2.24, 2.45) is 0 Å². The molecule has 2 rings (SSSR count). The third-order valence-electron chi connectivity index (χ3n) is 5.56. The number of amides is 1. The molecule has 1 aromatic heterocycles. The Morgan fingerprint density at radius 1 is 1.10 bits per heavy atom. The van der Waals surface area contributed by atoms with Gasteiger partial charge >= 0.3 is 0 Å². The summed E-state index contributed by atoms with van der Waals surface area (Å²) in [5.74, 6) is -0.209. The standard InChI is InChI=1S/C23H36N4O3S/c1-8-12-26(13-9-2)31(29,30)23-19(6)25-27(20(23)7)15-22(28)24-18(5)21-11-10-16(3)17(4)14-21/h10-11,14,18H,8-9,12-13,15H2,1-7H3,(H,24,28). The van der Waals surface area contributed by atoms with E-state index in [0.29, 0.717) is 24.5 Å². The van der Waals surface area contributed by atoms with Crippen LogP contribution in [0.25, 0.3) is 0 Å². The lowest BCUT2D eigenvalue weighted by Gasteiger charge is -2.21. The minimum absolute atomic E-state index is 0.0288. The number of carbonyl (C=O) groups excluding carboxylic acids is 1. The molecule has 0 bridgehead atoms. The van der Waals surface area contributed by atoms with Crippen LogP contribution in [0, 0.1) is 27.7 Å². The second-order valence-corrected chi connectivity index (χ2v) is 10.1. The summed E-state index contributed by atoms with van der Waals surface area (Å²) in [5, 5.41) is 7.36. The molecule has 1 unspecified atom stereocenters. The Hall–Kier alpha value is -2.19. The SMILES string of the molecule is CCCN(CCC)S(=O)(=O)c1c(C)nn(CC(=O)NC(C)c2ccc(C)c(C)c2)c1C. The van der Waals surface area contributed by atoms with Crippen LogP contribution in [0.3, 0.4) is 0 Å². The molecule has 7 nitrogen and oxygen atoms in total. The Labute approximate surface area is 186 Å². The van der Waals surface area contributed by atoms with Gasteiger partial charge in [0, 0.05) is 13.1 Å². The van der Waals surface area contributed by atoms with E-state index in [1.54, 1.807) is 13.8 Å². The zero-order valence-corrected chi connectivity index (χ0v) is 20.6. The number of carbonyl (C=O) groups is 1. The summed E-state index contributed by atoms with van der Waals surface area (Å²) in [5.41, 5.74) is 4.32. The second kappa shape index (κ2) is 10.4. The van der Waals surface area contributed by atoms with E-state index in [-0.39, 0.29) is 23.4 Å². The Morgan fingerprint density at radius 3 is 2.26 bits per heavy atom. The first-order chi connectivity index (χ1) is 14.5. The molecule has 0 radical (unpaired) electrons. The van der Waals surface area contributed by atoms with Gasteiger partial charge < -0.3 is 5.32 Å². The third kappa shape index (κ3) is 5.74. The molecule has 0 spiro atoms. The second-order valence-electron chi connectivity index (χ2n) is 8.19. The largest absolute Gasteiger partial charge is 0.348 e. The summed E-state index contributed by atoms with van der Waals surface area (Å²) in [6, 6.07) is 5.97. The monoisotopic (exact) mass is 448 g/mol. The van der Waals surface area contributed by atoms with Crippen molar-refractivity contribution >= 4 is 15.9 Å². The highest BCUT2D eigenvalue weighted by Gasteiger charge is 2.30. The molecule has 0 saturated heterocycles. The number of aryl methyl sites for hydroxylation is 3. The lowest BCUT2D eigenvalue weighted by atomic mass is 10.0. The average Bonchev–Trinajstić information content (AvgIpc) is 2.97. The van der Waals surface area contributed by atoms with Crippen LogP contribution in [-0.4, -0.2) is 41.5 Å². The highest BCUT2D eigenvalue weighted by molar-refractivity contribution is 7.89. The average molecular weight is 449 g/mol. The number of aromatic nitrogens is 2. The maximum atomic E-state index is 13.2. The molecule has 0 fully saturated rings. The van der Waals surface area contributed by atoms with Crippen LogP contribution >= 0.6 is 0 Å². The van der Waals surface area contributed by atoms with Crippen molar-refractivity contribution in [2.45, 2.75) is 78.8 Å². The molecule has 31 heavy (non-hydrogen) atoms. The Kier molecular flexibility index (Phi) is 8.42. The summed E-state index contributed by atoms with van der Waals surface area (Å²) in [6.45, 7) is 14.3. The van der Waals surface area contributed by atoms with Crippen molar-refractivity contribution in [3.63, 3.8) is 0 Å². The van der Waals surface area contributed by atoms with Gasteiger partial charge in [0.15, 0.2) is 0 Å². The molecule has 1 N–H and O–H groups in total. The summed E-state index contributed by atoms with van der Waals surface area (Å²) >= 11 is 0. The predicted octanol–water partition coefficient (Wildman–Crippen LogP) is 3.80. The van der Waals surface area contributed by atoms with Gasteiger partial charge in [-0.2, -0.15) is 9.40 Å². The minimum Gasteiger partial charge on any atom is -0.348 e. The van der Waals surface area contributed by atoms with Crippen LogP contribution in [0.2, 0.25) is 0 Å². The molecule has 1 aromatic carbocycles. The van der Waals surface area contributed by atoms with Crippen molar-refractivity contribution in [3.05, 3.63) is 46.3 Å². The fourth-order valence-corrected chi connectivity index (χ4v) is 5.73. The minimum atomic E-state index is -3.66. The molecular formula is C23H36N4O3S. The Balaban J connectivity index is 2.21. The van der Waals surface area contributed by atoms with Crippen LogP contribution < -0.4 is 5.32 Å². The van der Waals surface area contributed by atoms with Gasteiger partial charge in [-0.3, -0.25) is 9.48 Å². The first-order valence-electron chi connectivity index (χ1n) is 10.9. The highest BCUT2D eigenvalue weighted by atomic mass is 32.2. The third-order valence-corrected chi connectivity index (χ3v) is 7.71. The number of benzene rings is 1. The summed E-state index contributed by atoms with van der Waals surface area (Å²) in [7, 11) is -3.66. The fourth-order valence-electron chi connectivity index (χ4n) is 3.73. The quantitative estimate of drug-likeness (QED) is 0.599. The van der Waals surface area contributed by atoms with E-state index in [4.69, 9.17) is 0 Å². The molecular weight excluding hydrogens is 412 g/mol. The van der Waals surface area contributed by atoms with Gasteiger partial charge in [-0.1, -0.05) is 32.0 Å². The summed E-state index contributed by atoms with van der Waals surface area (Å²) < 4.78 is 29.5. The van der Waals surface area contributed by atoms with Gasteiger partial charge in [0.05, 0.1) is 17.4 Å². The van der Waals surface area contributed by atoms with Crippen molar-refractivity contribution in [1.82, 2.24) is 19.4 Å². The van der Waals surface area contributed by atoms with Crippen LogP contribution in [0.5, 0.6) is 0 Å². The van der Waals surface area contributed by atoms with Crippen LogP contribution in [0.4, 0.5) is 0 Å². The van der Waals surface area contributed by atoms with E-state index in [2.05, 4.69) is 23.4 Å². The number of nitrogens with zero attached hydrogens (tertiary/aromatic N) is 3. The van der Waals surface area contributed by atoms with Crippen molar-refractivity contribution < 1.29 is 13.2 Å². The van der Waals surface area contributed by atoms with E-state index < -0.39 is 10.0 Å². The van der Waals surface area contributed by atoms with Crippen LogP contribution in [0.1, 0.15) is 67.7 Å². The molecule has 172 valence electrons. The number of rotatable bonds is 10. The first kappa shape index (κ1) is 25.1. The molecule has 1 atom stereocenters. The van der Waals surface area contributed by atoms with E-state index in [0.717, 1.165) is 18.4 Å². The molecule has 0 aliphatic carbocycles. The zero-order chi connectivity index (χ0) is 23.3. The highest BCUT2D eigenvalue weighted by Crippen LogP contribution is 2.24. The number of sulfonamides is 1. The van der Waals surface area contributed by atoms with Gasteiger partial charge in [-0.25, -0.2) is 8.42 Å². The molecule has 2 aromatic rings. The van der Waals surface area contributed by atoms with Gasteiger partial charge in [0.1, 0.15) is 11.4 Å². The molecule has 8 heteroatoms. The number of hydrogen-bond donors (Lipinski definition) is 1. The fraction of sp³-hybridized carbons (Fsp3) is 0.565. The lowest BCUT2D eigenvalue weighted by Crippen LogP contribution is -2.33. The molecule has 1 heterocycles. The number of hydrogen-bond acceptors (Lipinski definition) is 4. The number of nitrogens with one attached hydrogen (secondary N) is 1. The normalized spacial score (nSPS) is 12.9. The van der Waals surface area contributed by atoms with Crippen molar-refractivity contribution in [3.8, 4) is 0 Å². The van der Waals surface area contributed by atoms with E-state index in [9.17, 15) is 13.2 Å². The Morgan fingerprint density at radius 2 is 1.71 bits per heavy atom. The molecule has 1 amide bonds. The molecule has 0 aliphatic heterocycles. The van der Waals surface area contributed by atoms with Gasteiger partial charge in [0.25, 0.3) is 0 Å². The zero-order valence-electron chi connectivity index (χ0n) is 19.8. The van der Waals surface area contributed by atoms with Gasteiger partial charge in [0.2, 0.25) is 15.9 Å². The molecule has 0 saturated carbocycles. The van der Waals surface area contributed by atoms with Crippen molar-refractivity contribution in [2.75, 3.05) is 13.1 Å². The topological polar surface area (TPSA) is 84.3 Å². The summed E-state index contributed by atoms with van der Waals surface area (Å²) in [4.78, 5) is 12.9. The van der Waals surface area contributed by atoms with E-state index >= 15 is 0 Å². The maximum absolute atomic E-state index is 13.2. The van der Waals surface area contributed by atoms with Crippen LogP contribution in [0.15, 0.2) is 23.1 Å². The summed E-state index contributed by atoms with van der Waals surface area (Å²) in [6.07, 6.45) is 1.48.